The SMILES string of the molecule is CNS(=O)(=O)c1ccc(CCC(=O)Nc2ccc(-c3nccs3)cc2)cc1. The second-order valence-corrected chi connectivity index (χ2v) is 8.60. The molecular formula is C19H19N3O3S2. The lowest BCUT2D eigenvalue weighted by Crippen LogP contribution is -2.18. The van der Waals surface area contributed by atoms with Crippen LogP contribution in [0.4, 0.5) is 5.69 Å². The Morgan fingerprint density at radius 3 is 2.37 bits per heavy atom. The summed E-state index contributed by atoms with van der Waals surface area (Å²) in [4.78, 5) is 16.6. The monoisotopic (exact) mass is 401 g/mol. The van der Waals surface area contributed by atoms with Gasteiger partial charge in [0.15, 0.2) is 0 Å². The predicted molar refractivity (Wildman–Crippen MR) is 107 cm³/mol. The topological polar surface area (TPSA) is 88.2 Å². The van der Waals surface area contributed by atoms with Crippen molar-refractivity contribution in [3.05, 3.63) is 65.7 Å². The molecule has 0 saturated heterocycles. The van der Waals surface area contributed by atoms with Gasteiger partial charge in [-0.3, -0.25) is 4.79 Å². The third-order valence-electron chi connectivity index (χ3n) is 3.99. The van der Waals surface area contributed by atoms with Gasteiger partial charge in [-0.15, -0.1) is 11.3 Å². The van der Waals surface area contributed by atoms with Gasteiger partial charge in [-0.2, -0.15) is 0 Å². The highest BCUT2D eigenvalue weighted by atomic mass is 32.2. The fourth-order valence-corrected chi connectivity index (χ4v) is 3.87. The van der Waals surface area contributed by atoms with Crippen LogP contribution < -0.4 is 10.0 Å². The Morgan fingerprint density at radius 2 is 1.78 bits per heavy atom. The summed E-state index contributed by atoms with van der Waals surface area (Å²) in [5.41, 5.74) is 2.65. The fourth-order valence-electron chi connectivity index (χ4n) is 2.50. The molecule has 0 aliphatic rings. The maximum Gasteiger partial charge on any atom is 0.240 e. The van der Waals surface area contributed by atoms with E-state index in [1.807, 2.05) is 29.6 Å². The first-order valence-electron chi connectivity index (χ1n) is 8.30. The number of nitrogens with one attached hydrogen (secondary N) is 2. The third-order valence-corrected chi connectivity index (χ3v) is 6.24. The van der Waals surface area contributed by atoms with E-state index in [0.717, 1.165) is 21.8 Å². The van der Waals surface area contributed by atoms with E-state index in [-0.39, 0.29) is 10.8 Å². The molecule has 2 aromatic carbocycles. The molecule has 0 spiro atoms. The van der Waals surface area contributed by atoms with Crippen molar-refractivity contribution in [2.24, 2.45) is 0 Å². The molecule has 0 fully saturated rings. The molecule has 0 aliphatic heterocycles. The summed E-state index contributed by atoms with van der Waals surface area (Å²) >= 11 is 1.57. The van der Waals surface area contributed by atoms with Gasteiger partial charge in [0.25, 0.3) is 0 Å². The van der Waals surface area contributed by atoms with Crippen molar-refractivity contribution < 1.29 is 13.2 Å². The van der Waals surface area contributed by atoms with Crippen molar-refractivity contribution in [1.82, 2.24) is 9.71 Å². The largest absolute Gasteiger partial charge is 0.326 e. The normalized spacial score (nSPS) is 11.3. The molecule has 0 aliphatic carbocycles. The number of nitrogens with zero attached hydrogens (tertiary/aromatic N) is 1. The Labute approximate surface area is 162 Å². The van der Waals surface area contributed by atoms with Gasteiger partial charge in [0.1, 0.15) is 5.01 Å². The second kappa shape index (κ2) is 8.43. The van der Waals surface area contributed by atoms with Gasteiger partial charge in [-0.05, 0) is 55.4 Å². The molecule has 6 nitrogen and oxygen atoms in total. The van der Waals surface area contributed by atoms with Crippen LogP contribution in [0.3, 0.4) is 0 Å². The first-order chi connectivity index (χ1) is 13.0. The summed E-state index contributed by atoms with van der Waals surface area (Å²) in [5.74, 6) is -0.0936. The van der Waals surface area contributed by atoms with Crippen LogP contribution in [0.25, 0.3) is 10.6 Å². The molecule has 27 heavy (non-hydrogen) atoms. The molecule has 0 saturated carbocycles. The lowest BCUT2D eigenvalue weighted by molar-refractivity contribution is -0.116. The average molecular weight is 402 g/mol. The highest BCUT2D eigenvalue weighted by Crippen LogP contribution is 2.23. The summed E-state index contributed by atoms with van der Waals surface area (Å²) in [7, 11) is -2.07. The number of sulfonamides is 1. The summed E-state index contributed by atoms with van der Waals surface area (Å²) in [5, 5.41) is 5.73. The zero-order valence-electron chi connectivity index (χ0n) is 14.7. The zero-order valence-corrected chi connectivity index (χ0v) is 16.3. The Kier molecular flexibility index (Phi) is 6.00. The number of rotatable bonds is 7. The van der Waals surface area contributed by atoms with E-state index in [0.29, 0.717) is 12.8 Å². The maximum atomic E-state index is 12.1. The highest BCUT2D eigenvalue weighted by molar-refractivity contribution is 7.89. The molecule has 0 bridgehead atoms. The molecule has 1 amide bonds. The van der Waals surface area contributed by atoms with E-state index in [1.54, 1.807) is 29.7 Å². The summed E-state index contributed by atoms with van der Waals surface area (Å²) < 4.78 is 25.7. The van der Waals surface area contributed by atoms with E-state index in [4.69, 9.17) is 0 Å². The number of hydrogen-bond donors (Lipinski definition) is 2. The van der Waals surface area contributed by atoms with Crippen molar-refractivity contribution in [2.45, 2.75) is 17.7 Å². The van der Waals surface area contributed by atoms with Crippen molar-refractivity contribution in [2.75, 3.05) is 12.4 Å². The Balaban J connectivity index is 1.54. The van der Waals surface area contributed by atoms with Gasteiger partial charge in [0.2, 0.25) is 15.9 Å². The Bertz CT molecular complexity index is 997. The fraction of sp³-hybridized carbons (Fsp3) is 0.158. The molecule has 3 aromatic rings. The molecule has 0 radical (unpaired) electrons. The number of benzene rings is 2. The maximum absolute atomic E-state index is 12.1. The molecule has 0 atom stereocenters. The number of carbonyl (C=O) groups excluding carboxylic acids is 1. The number of hydrogen-bond acceptors (Lipinski definition) is 5. The summed E-state index contributed by atoms with van der Waals surface area (Å²) in [6.07, 6.45) is 2.60. The quantitative estimate of drug-likeness (QED) is 0.636. The van der Waals surface area contributed by atoms with E-state index in [1.165, 1.54) is 19.2 Å². The summed E-state index contributed by atoms with van der Waals surface area (Å²) in [6, 6.07) is 14.1. The first-order valence-corrected chi connectivity index (χ1v) is 10.7. The Hall–Kier alpha value is -2.55. The third kappa shape index (κ3) is 5.00. The lowest BCUT2D eigenvalue weighted by Gasteiger charge is -2.07. The van der Waals surface area contributed by atoms with E-state index in [9.17, 15) is 13.2 Å². The van der Waals surface area contributed by atoms with Gasteiger partial charge in [-0.25, -0.2) is 18.1 Å². The van der Waals surface area contributed by atoms with Crippen LogP contribution >= 0.6 is 11.3 Å². The van der Waals surface area contributed by atoms with Gasteiger partial charge in [0.05, 0.1) is 4.90 Å². The number of aromatic nitrogens is 1. The van der Waals surface area contributed by atoms with E-state index >= 15 is 0 Å². The van der Waals surface area contributed by atoms with Crippen LogP contribution in [-0.2, 0) is 21.2 Å². The van der Waals surface area contributed by atoms with Crippen LogP contribution in [0.15, 0.2) is 65.0 Å². The predicted octanol–water partition coefficient (Wildman–Crippen LogP) is 3.29. The number of amides is 1. The molecule has 8 heteroatoms. The molecule has 1 heterocycles. The van der Waals surface area contributed by atoms with Crippen LogP contribution in [0.2, 0.25) is 0 Å². The van der Waals surface area contributed by atoms with Crippen molar-refractivity contribution in [3.63, 3.8) is 0 Å². The van der Waals surface area contributed by atoms with E-state index < -0.39 is 10.0 Å². The van der Waals surface area contributed by atoms with Crippen molar-refractivity contribution >= 4 is 33.0 Å². The van der Waals surface area contributed by atoms with Gasteiger partial charge >= 0.3 is 0 Å². The van der Waals surface area contributed by atoms with Crippen molar-refractivity contribution in [3.8, 4) is 10.6 Å². The van der Waals surface area contributed by atoms with Gasteiger partial charge < -0.3 is 5.32 Å². The number of thiazole rings is 1. The smallest absolute Gasteiger partial charge is 0.240 e. The number of aryl methyl sites for hydroxylation is 1. The zero-order chi connectivity index (χ0) is 19.3. The van der Waals surface area contributed by atoms with Crippen LogP contribution in [0, 0.1) is 0 Å². The van der Waals surface area contributed by atoms with Crippen LogP contribution in [-0.4, -0.2) is 26.4 Å². The van der Waals surface area contributed by atoms with Crippen LogP contribution in [0.5, 0.6) is 0 Å². The summed E-state index contributed by atoms with van der Waals surface area (Å²) in [6.45, 7) is 0. The standard InChI is InChI=1S/C19H19N3O3S2/c1-20-27(24,25)17-9-2-14(3-10-17)4-11-18(23)22-16-7-5-15(6-8-16)19-21-12-13-26-19/h2-3,5-10,12-13,20H,4,11H2,1H3,(H,22,23). The molecule has 2 N–H and O–H groups in total. The minimum absolute atomic E-state index is 0.0936. The van der Waals surface area contributed by atoms with E-state index in [2.05, 4.69) is 15.0 Å². The lowest BCUT2D eigenvalue weighted by atomic mass is 10.1. The number of carbonyl (C=O) groups is 1. The van der Waals surface area contributed by atoms with Gasteiger partial charge in [0, 0.05) is 29.2 Å². The Morgan fingerprint density at radius 1 is 1.07 bits per heavy atom. The molecular weight excluding hydrogens is 382 g/mol. The minimum Gasteiger partial charge on any atom is -0.326 e. The second-order valence-electron chi connectivity index (χ2n) is 5.81. The first kappa shape index (κ1) is 19.2. The average Bonchev–Trinajstić information content (AvgIpc) is 3.22. The molecule has 1 aromatic heterocycles. The molecule has 140 valence electrons. The number of anilines is 1. The highest BCUT2D eigenvalue weighted by Gasteiger charge is 2.11. The minimum atomic E-state index is -3.44. The van der Waals surface area contributed by atoms with Gasteiger partial charge in [-0.1, -0.05) is 12.1 Å². The van der Waals surface area contributed by atoms with Crippen molar-refractivity contribution in [1.29, 1.82) is 0 Å². The molecule has 3 rings (SSSR count). The van der Waals surface area contributed by atoms with Crippen LogP contribution in [0.1, 0.15) is 12.0 Å². The molecule has 0 unspecified atom stereocenters.